The van der Waals surface area contributed by atoms with Gasteiger partial charge in [0, 0.05) is 12.6 Å². The van der Waals surface area contributed by atoms with Gasteiger partial charge in [-0.1, -0.05) is 64.7 Å². The maximum absolute atomic E-state index is 11.5. The number of hydrogen-bond donors (Lipinski definition) is 1. The minimum Gasteiger partial charge on any atom is -0.273 e. The molecule has 20 heavy (non-hydrogen) atoms. The first-order chi connectivity index (χ1) is 9.83. The van der Waals surface area contributed by atoms with Gasteiger partial charge in [-0.3, -0.25) is 4.79 Å². The monoisotopic (exact) mass is 280 g/mol. The summed E-state index contributed by atoms with van der Waals surface area (Å²) in [5.41, 5.74) is 2.64. The van der Waals surface area contributed by atoms with Crippen molar-refractivity contribution >= 4 is 12.1 Å². The number of hydrogen-bond acceptors (Lipinski definition) is 2. The van der Waals surface area contributed by atoms with E-state index in [1.54, 1.807) is 0 Å². The number of nitrogens with zero attached hydrogens (tertiary/aromatic N) is 1. The number of hydrazone groups is 1. The van der Waals surface area contributed by atoms with Gasteiger partial charge in [-0.25, -0.2) is 5.43 Å². The topological polar surface area (TPSA) is 41.5 Å². The van der Waals surface area contributed by atoms with Gasteiger partial charge in [0.15, 0.2) is 0 Å². The minimum absolute atomic E-state index is 0.0652. The van der Waals surface area contributed by atoms with Crippen LogP contribution in [0.4, 0.5) is 0 Å². The zero-order valence-electron chi connectivity index (χ0n) is 13.2. The van der Waals surface area contributed by atoms with Crippen LogP contribution in [-0.2, 0) is 4.79 Å². The molecular formula is C17H32N2O. The van der Waals surface area contributed by atoms with E-state index < -0.39 is 0 Å². The van der Waals surface area contributed by atoms with E-state index >= 15 is 0 Å². The van der Waals surface area contributed by atoms with Crippen LogP contribution in [0.25, 0.3) is 0 Å². The summed E-state index contributed by atoms with van der Waals surface area (Å²) in [4.78, 5) is 11.5. The summed E-state index contributed by atoms with van der Waals surface area (Å²) in [5, 5.41) is 4.05. The molecule has 0 aromatic heterocycles. The average Bonchev–Trinajstić information content (AvgIpc) is 2.48. The fraction of sp³-hybridized carbons (Fsp3) is 0.882. The lowest BCUT2D eigenvalue weighted by Gasteiger charge is -2.20. The number of carbonyl (C=O) groups excluding carboxylic acids is 1. The van der Waals surface area contributed by atoms with Crippen LogP contribution in [-0.4, -0.2) is 12.1 Å². The molecule has 3 nitrogen and oxygen atoms in total. The van der Waals surface area contributed by atoms with E-state index in [0.717, 1.165) is 25.2 Å². The summed E-state index contributed by atoms with van der Waals surface area (Å²) in [6, 6.07) is 0. The first-order valence-electron chi connectivity index (χ1n) is 8.63. The molecule has 0 aromatic rings. The highest BCUT2D eigenvalue weighted by Gasteiger charge is 2.11. The largest absolute Gasteiger partial charge is 0.273 e. The molecule has 1 saturated carbocycles. The van der Waals surface area contributed by atoms with E-state index in [2.05, 4.69) is 17.5 Å². The van der Waals surface area contributed by atoms with Gasteiger partial charge in [-0.15, -0.1) is 0 Å². The first kappa shape index (κ1) is 17.2. The van der Waals surface area contributed by atoms with Gasteiger partial charge < -0.3 is 0 Å². The SMILES string of the molecule is CCCCCCCC(=O)N/N=C\CCC1CCCCC1. The predicted molar refractivity (Wildman–Crippen MR) is 85.8 cm³/mol. The normalized spacial score (nSPS) is 16.6. The maximum atomic E-state index is 11.5. The fourth-order valence-corrected chi connectivity index (χ4v) is 2.91. The molecule has 1 N–H and O–H groups in total. The molecule has 1 aliphatic carbocycles. The molecule has 0 radical (unpaired) electrons. The Hall–Kier alpha value is -0.860. The Labute approximate surface area is 124 Å². The Morgan fingerprint density at radius 1 is 1.15 bits per heavy atom. The number of amides is 1. The third-order valence-electron chi connectivity index (χ3n) is 4.22. The van der Waals surface area contributed by atoms with Crippen LogP contribution in [0.3, 0.4) is 0 Å². The van der Waals surface area contributed by atoms with Crippen molar-refractivity contribution in [3.05, 3.63) is 0 Å². The molecule has 1 rings (SSSR count). The quantitative estimate of drug-likeness (QED) is 0.348. The Kier molecular flexibility index (Phi) is 10.3. The number of rotatable bonds is 10. The molecular weight excluding hydrogens is 248 g/mol. The number of unbranched alkanes of at least 4 members (excludes halogenated alkanes) is 4. The van der Waals surface area contributed by atoms with Gasteiger partial charge in [-0.05, 0) is 25.2 Å². The zero-order chi connectivity index (χ0) is 14.5. The first-order valence-corrected chi connectivity index (χ1v) is 8.63. The van der Waals surface area contributed by atoms with Crippen molar-refractivity contribution in [2.75, 3.05) is 0 Å². The number of nitrogens with one attached hydrogen (secondary N) is 1. The second-order valence-corrected chi connectivity index (χ2v) is 6.09. The van der Waals surface area contributed by atoms with Crippen molar-refractivity contribution in [3.8, 4) is 0 Å². The summed E-state index contributed by atoms with van der Waals surface area (Å²) in [7, 11) is 0. The van der Waals surface area contributed by atoms with E-state index in [1.165, 1.54) is 57.8 Å². The van der Waals surface area contributed by atoms with Crippen molar-refractivity contribution in [2.45, 2.75) is 90.4 Å². The molecule has 0 saturated heterocycles. The van der Waals surface area contributed by atoms with Gasteiger partial charge >= 0.3 is 0 Å². The van der Waals surface area contributed by atoms with Gasteiger partial charge in [0.1, 0.15) is 0 Å². The third kappa shape index (κ3) is 9.11. The van der Waals surface area contributed by atoms with E-state index in [0.29, 0.717) is 6.42 Å². The highest BCUT2D eigenvalue weighted by molar-refractivity contribution is 5.76. The minimum atomic E-state index is 0.0652. The summed E-state index contributed by atoms with van der Waals surface area (Å²) in [6.45, 7) is 2.20. The van der Waals surface area contributed by atoms with Crippen LogP contribution in [0.15, 0.2) is 5.10 Å². The predicted octanol–water partition coefficient (Wildman–Crippen LogP) is 4.81. The molecule has 1 aliphatic rings. The Bertz CT molecular complexity index is 270. The second-order valence-electron chi connectivity index (χ2n) is 6.09. The lowest BCUT2D eigenvalue weighted by atomic mass is 9.86. The van der Waals surface area contributed by atoms with Gasteiger partial charge in [0.2, 0.25) is 5.91 Å². The summed E-state index contributed by atoms with van der Waals surface area (Å²) >= 11 is 0. The maximum Gasteiger partial charge on any atom is 0.240 e. The van der Waals surface area contributed by atoms with Gasteiger partial charge in [-0.2, -0.15) is 5.10 Å². The molecule has 1 amide bonds. The van der Waals surface area contributed by atoms with Crippen molar-refractivity contribution in [2.24, 2.45) is 11.0 Å². The third-order valence-corrected chi connectivity index (χ3v) is 4.22. The lowest BCUT2D eigenvalue weighted by Crippen LogP contribution is -2.17. The van der Waals surface area contributed by atoms with Crippen molar-refractivity contribution in [3.63, 3.8) is 0 Å². The van der Waals surface area contributed by atoms with Crippen LogP contribution in [0.1, 0.15) is 90.4 Å². The van der Waals surface area contributed by atoms with Crippen LogP contribution < -0.4 is 5.43 Å². The van der Waals surface area contributed by atoms with Crippen LogP contribution in [0.2, 0.25) is 0 Å². The second kappa shape index (κ2) is 11.9. The van der Waals surface area contributed by atoms with Crippen molar-refractivity contribution in [1.82, 2.24) is 5.43 Å². The Morgan fingerprint density at radius 3 is 2.65 bits per heavy atom. The lowest BCUT2D eigenvalue weighted by molar-refractivity contribution is -0.121. The van der Waals surface area contributed by atoms with Gasteiger partial charge in [0.05, 0.1) is 0 Å². The van der Waals surface area contributed by atoms with Crippen molar-refractivity contribution < 1.29 is 4.79 Å². The summed E-state index contributed by atoms with van der Waals surface area (Å²) in [5.74, 6) is 0.958. The molecule has 116 valence electrons. The van der Waals surface area contributed by atoms with Crippen LogP contribution >= 0.6 is 0 Å². The van der Waals surface area contributed by atoms with Gasteiger partial charge in [0.25, 0.3) is 0 Å². The van der Waals surface area contributed by atoms with Crippen molar-refractivity contribution in [1.29, 1.82) is 0 Å². The highest BCUT2D eigenvalue weighted by atomic mass is 16.2. The molecule has 0 aromatic carbocycles. The number of carbonyl (C=O) groups is 1. The zero-order valence-corrected chi connectivity index (χ0v) is 13.2. The van der Waals surface area contributed by atoms with E-state index in [-0.39, 0.29) is 5.91 Å². The average molecular weight is 280 g/mol. The van der Waals surface area contributed by atoms with Crippen LogP contribution in [0, 0.1) is 5.92 Å². The molecule has 0 aliphatic heterocycles. The molecule has 0 spiro atoms. The molecule has 0 unspecified atom stereocenters. The van der Waals surface area contributed by atoms with Crippen LogP contribution in [0.5, 0.6) is 0 Å². The van der Waals surface area contributed by atoms with E-state index in [9.17, 15) is 4.79 Å². The standard InChI is InChI=1S/C17H32N2O/c1-2-3-4-5-9-14-17(20)19-18-15-10-13-16-11-7-6-8-12-16/h15-16H,2-14H2,1H3,(H,19,20)/b18-15-. The van der Waals surface area contributed by atoms with E-state index in [1.807, 2.05) is 6.21 Å². The highest BCUT2D eigenvalue weighted by Crippen LogP contribution is 2.26. The summed E-state index contributed by atoms with van der Waals surface area (Å²) in [6.07, 6.45) is 17.6. The molecule has 0 bridgehead atoms. The Balaban J connectivity index is 1.92. The van der Waals surface area contributed by atoms with E-state index in [4.69, 9.17) is 0 Å². The Morgan fingerprint density at radius 2 is 1.90 bits per heavy atom. The molecule has 3 heteroatoms. The fourth-order valence-electron chi connectivity index (χ4n) is 2.91. The molecule has 0 atom stereocenters. The smallest absolute Gasteiger partial charge is 0.240 e. The molecule has 0 heterocycles. The summed E-state index contributed by atoms with van der Waals surface area (Å²) < 4.78 is 0. The molecule has 1 fully saturated rings.